The van der Waals surface area contributed by atoms with Crippen molar-refractivity contribution in [2.75, 3.05) is 23.7 Å². The molecule has 0 heterocycles. The van der Waals surface area contributed by atoms with Crippen LogP contribution in [-0.4, -0.2) is 50.5 Å². The van der Waals surface area contributed by atoms with E-state index in [0.29, 0.717) is 18.2 Å². The number of hydrogen-bond acceptors (Lipinski definition) is 4. The van der Waals surface area contributed by atoms with Crippen LogP contribution < -0.4 is 9.62 Å². The molecular formula is C24H33N3O4S. The first-order valence-electron chi connectivity index (χ1n) is 10.7. The van der Waals surface area contributed by atoms with E-state index < -0.39 is 28.5 Å². The predicted molar refractivity (Wildman–Crippen MR) is 128 cm³/mol. The summed E-state index contributed by atoms with van der Waals surface area (Å²) in [4.78, 5) is 27.3. The number of rotatable bonds is 10. The van der Waals surface area contributed by atoms with E-state index in [4.69, 9.17) is 0 Å². The molecule has 7 nitrogen and oxygen atoms in total. The smallest absolute Gasteiger partial charge is 0.244 e. The summed E-state index contributed by atoms with van der Waals surface area (Å²) in [5.41, 5.74) is 2.34. The van der Waals surface area contributed by atoms with Gasteiger partial charge in [0, 0.05) is 13.1 Å². The second-order valence-corrected chi connectivity index (χ2v) is 10.0. The monoisotopic (exact) mass is 459 g/mol. The molecule has 0 fully saturated rings. The van der Waals surface area contributed by atoms with Crippen molar-refractivity contribution in [1.82, 2.24) is 10.2 Å². The average Bonchev–Trinajstić information content (AvgIpc) is 2.75. The number of benzene rings is 2. The molecule has 1 N–H and O–H groups in total. The maximum Gasteiger partial charge on any atom is 0.244 e. The molecule has 0 radical (unpaired) electrons. The molecule has 0 unspecified atom stereocenters. The standard InChI is InChI=1S/C24H33N3O4S/c1-6-25-24(29)19(4)26(16-20-10-8-7-9-11-20)23(28)17-27(32(5,30)31)22-14-12-21(13-15-22)18(2)3/h7-15,18-19H,6,16-17H2,1-5H3,(H,25,29)/t19-/m1/s1. The highest BCUT2D eigenvalue weighted by Crippen LogP contribution is 2.22. The quantitative estimate of drug-likeness (QED) is 0.591. The maximum absolute atomic E-state index is 13.3. The normalized spacial score (nSPS) is 12.3. The van der Waals surface area contributed by atoms with Crippen molar-refractivity contribution in [2.24, 2.45) is 0 Å². The SMILES string of the molecule is CCNC(=O)[C@@H](C)N(Cc1ccccc1)C(=O)CN(c1ccc(C(C)C)cc1)S(C)(=O)=O. The van der Waals surface area contributed by atoms with E-state index in [-0.39, 0.29) is 12.5 Å². The molecule has 2 rings (SSSR count). The molecule has 8 heteroatoms. The maximum atomic E-state index is 13.3. The summed E-state index contributed by atoms with van der Waals surface area (Å²) in [5, 5.41) is 2.73. The van der Waals surface area contributed by atoms with Crippen molar-refractivity contribution < 1.29 is 18.0 Å². The third kappa shape index (κ3) is 6.82. The minimum Gasteiger partial charge on any atom is -0.355 e. The summed E-state index contributed by atoms with van der Waals surface area (Å²) in [5.74, 6) is -0.438. The molecule has 32 heavy (non-hydrogen) atoms. The van der Waals surface area contributed by atoms with Gasteiger partial charge < -0.3 is 10.2 Å². The average molecular weight is 460 g/mol. The minimum absolute atomic E-state index is 0.196. The van der Waals surface area contributed by atoms with E-state index >= 15 is 0 Å². The Bertz CT molecular complexity index is 1010. The summed E-state index contributed by atoms with van der Waals surface area (Å²) in [6.07, 6.45) is 1.07. The van der Waals surface area contributed by atoms with Crippen LogP contribution in [0.3, 0.4) is 0 Å². The third-order valence-electron chi connectivity index (χ3n) is 5.24. The Kier molecular flexibility index (Phi) is 8.83. The second kappa shape index (κ2) is 11.1. The van der Waals surface area contributed by atoms with Crippen LogP contribution in [0.15, 0.2) is 54.6 Å². The number of hydrogen-bond donors (Lipinski definition) is 1. The van der Waals surface area contributed by atoms with Crippen LogP contribution in [0.2, 0.25) is 0 Å². The largest absolute Gasteiger partial charge is 0.355 e. The lowest BCUT2D eigenvalue weighted by atomic mass is 10.0. The molecule has 0 aliphatic heterocycles. The van der Waals surface area contributed by atoms with Gasteiger partial charge in [-0.1, -0.05) is 56.3 Å². The van der Waals surface area contributed by atoms with Gasteiger partial charge in [0.05, 0.1) is 11.9 Å². The first-order valence-corrected chi connectivity index (χ1v) is 12.6. The number of anilines is 1. The molecule has 0 aliphatic rings. The van der Waals surface area contributed by atoms with Gasteiger partial charge in [-0.3, -0.25) is 13.9 Å². The number of nitrogens with zero attached hydrogens (tertiary/aromatic N) is 2. The Morgan fingerprint density at radius 1 is 0.969 bits per heavy atom. The molecule has 0 saturated carbocycles. The molecule has 1 atom stereocenters. The highest BCUT2D eigenvalue weighted by atomic mass is 32.2. The van der Waals surface area contributed by atoms with Crippen molar-refractivity contribution in [3.63, 3.8) is 0 Å². The first-order chi connectivity index (χ1) is 15.0. The molecule has 0 spiro atoms. The molecule has 0 bridgehead atoms. The Hall–Kier alpha value is -2.87. The van der Waals surface area contributed by atoms with Crippen LogP contribution >= 0.6 is 0 Å². The van der Waals surface area contributed by atoms with Crippen LogP contribution in [0.5, 0.6) is 0 Å². The number of sulfonamides is 1. The van der Waals surface area contributed by atoms with Gasteiger partial charge in [0.1, 0.15) is 12.6 Å². The number of likely N-dealkylation sites (N-methyl/N-ethyl adjacent to an activating group) is 1. The lowest BCUT2D eigenvalue weighted by Crippen LogP contribution is -2.51. The van der Waals surface area contributed by atoms with Gasteiger partial charge >= 0.3 is 0 Å². The fourth-order valence-electron chi connectivity index (χ4n) is 3.32. The number of carbonyl (C=O) groups is 2. The number of amides is 2. The van der Waals surface area contributed by atoms with Gasteiger partial charge in [0.2, 0.25) is 21.8 Å². The lowest BCUT2D eigenvalue weighted by molar-refractivity contribution is -0.139. The van der Waals surface area contributed by atoms with Crippen LogP contribution in [0.1, 0.15) is 44.7 Å². The topological polar surface area (TPSA) is 86.8 Å². The molecule has 2 aromatic carbocycles. The second-order valence-electron chi connectivity index (χ2n) is 8.09. The minimum atomic E-state index is -3.72. The fraction of sp³-hybridized carbons (Fsp3) is 0.417. The fourth-order valence-corrected chi connectivity index (χ4v) is 4.17. The van der Waals surface area contributed by atoms with Crippen molar-refractivity contribution in [3.8, 4) is 0 Å². The predicted octanol–water partition coefficient (Wildman–Crippen LogP) is 3.13. The molecule has 0 aromatic heterocycles. The Balaban J connectivity index is 2.35. The summed E-state index contributed by atoms with van der Waals surface area (Å²) in [7, 11) is -3.72. The zero-order valence-corrected chi connectivity index (χ0v) is 20.2. The van der Waals surface area contributed by atoms with Crippen LogP contribution in [0.25, 0.3) is 0 Å². The van der Waals surface area contributed by atoms with Crippen molar-refractivity contribution in [3.05, 3.63) is 65.7 Å². The highest BCUT2D eigenvalue weighted by Gasteiger charge is 2.29. The highest BCUT2D eigenvalue weighted by molar-refractivity contribution is 7.92. The summed E-state index contributed by atoms with van der Waals surface area (Å²) < 4.78 is 26.2. The zero-order valence-electron chi connectivity index (χ0n) is 19.4. The van der Waals surface area contributed by atoms with Crippen LogP contribution in [0.4, 0.5) is 5.69 Å². The van der Waals surface area contributed by atoms with E-state index in [1.807, 2.05) is 42.5 Å². The van der Waals surface area contributed by atoms with Crippen LogP contribution in [-0.2, 0) is 26.2 Å². The lowest BCUT2D eigenvalue weighted by Gasteiger charge is -2.31. The molecule has 0 aliphatic carbocycles. The van der Waals surface area contributed by atoms with Crippen molar-refractivity contribution >= 4 is 27.5 Å². The molecule has 0 saturated heterocycles. The van der Waals surface area contributed by atoms with E-state index in [0.717, 1.165) is 21.7 Å². The van der Waals surface area contributed by atoms with Crippen LogP contribution in [0, 0.1) is 0 Å². The van der Waals surface area contributed by atoms with Crippen molar-refractivity contribution in [2.45, 2.75) is 46.2 Å². The summed E-state index contributed by atoms with van der Waals surface area (Å²) >= 11 is 0. The first kappa shape index (κ1) is 25.4. The van der Waals surface area contributed by atoms with E-state index in [2.05, 4.69) is 19.2 Å². The van der Waals surface area contributed by atoms with Gasteiger partial charge in [0.15, 0.2) is 0 Å². The van der Waals surface area contributed by atoms with E-state index in [9.17, 15) is 18.0 Å². The van der Waals surface area contributed by atoms with E-state index in [1.54, 1.807) is 26.0 Å². The molecule has 174 valence electrons. The number of nitrogens with one attached hydrogen (secondary N) is 1. The van der Waals surface area contributed by atoms with Gasteiger partial charge in [-0.25, -0.2) is 8.42 Å². The van der Waals surface area contributed by atoms with Gasteiger partial charge in [-0.15, -0.1) is 0 Å². The van der Waals surface area contributed by atoms with E-state index in [1.165, 1.54) is 4.90 Å². The van der Waals surface area contributed by atoms with Crippen molar-refractivity contribution in [1.29, 1.82) is 0 Å². The summed E-state index contributed by atoms with van der Waals surface area (Å²) in [6.45, 7) is 7.80. The Morgan fingerprint density at radius 3 is 2.06 bits per heavy atom. The zero-order chi connectivity index (χ0) is 23.9. The Labute approximate surface area is 191 Å². The Morgan fingerprint density at radius 2 is 1.56 bits per heavy atom. The molecule has 2 aromatic rings. The van der Waals surface area contributed by atoms with Gasteiger partial charge in [0.25, 0.3) is 0 Å². The van der Waals surface area contributed by atoms with Gasteiger partial charge in [-0.2, -0.15) is 0 Å². The third-order valence-corrected chi connectivity index (χ3v) is 6.38. The molecular weight excluding hydrogens is 426 g/mol. The summed E-state index contributed by atoms with van der Waals surface area (Å²) in [6, 6.07) is 15.7. The number of carbonyl (C=O) groups excluding carboxylic acids is 2. The van der Waals surface area contributed by atoms with Gasteiger partial charge in [-0.05, 0) is 43.0 Å². The molecule has 2 amide bonds.